The molecule has 172 valence electrons. The van der Waals surface area contributed by atoms with Gasteiger partial charge < -0.3 is 9.67 Å². The Morgan fingerprint density at radius 2 is 1.30 bits per heavy atom. The zero-order valence-electron chi connectivity index (χ0n) is 20.1. The molecule has 0 amide bonds. The first-order valence-electron chi connectivity index (χ1n) is 11.0. The molecule has 0 atom stereocenters. The number of fused-ring (bicyclic) bond motifs is 2. The molecule has 1 N–H and O–H groups in total. The molecule has 6 heteroatoms. The number of anilines is 1. The van der Waals surface area contributed by atoms with Crippen LogP contribution in [0.15, 0.2) is 72.8 Å². The molecule has 0 saturated heterocycles. The van der Waals surface area contributed by atoms with Gasteiger partial charge in [-0.25, -0.2) is 0 Å². The molecule has 0 saturated carbocycles. The predicted octanol–water partition coefficient (Wildman–Crippen LogP) is 7.92. The molecule has 0 aliphatic carbocycles. The van der Waals surface area contributed by atoms with Crippen LogP contribution in [0.5, 0.6) is 5.75 Å². The Hall–Kier alpha value is -1.32. The van der Waals surface area contributed by atoms with Gasteiger partial charge in [-0.2, -0.15) is 0 Å². The zero-order valence-corrected chi connectivity index (χ0v) is 25.0. The average Bonchev–Trinajstić information content (AvgIpc) is 2.76. The van der Waals surface area contributed by atoms with E-state index in [-0.39, 0.29) is 5.41 Å². The Bertz CT molecular complexity index is 1220. The normalized spacial score (nSPS) is 11.8. The number of nitrogens with zero attached hydrogens (tertiary/aromatic N) is 1. The second kappa shape index (κ2) is 10.5. The monoisotopic (exact) mass is 573 g/mol. The SMILES string of the molecule is CN(c1c2ccccc2cc2ccccc12)[Si](C)(C)c1cccc(C(C)(C)C)c1O.[Cl][Zr][Cl]. The van der Waals surface area contributed by atoms with Crippen molar-refractivity contribution in [3.8, 4) is 5.75 Å². The molecule has 0 unspecified atom stereocenters. The molecule has 0 fully saturated rings. The van der Waals surface area contributed by atoms with Crippen molar-refractivity contribution in [2.24, 2.45) is 0 Å². The van der Waals surface area contributed by atoms with Crippen LogP contribution in [0.4, 0.5) is 5.69 Å². The third-order valence-electron chi connectivity index (χ3n) is 6.42. The van der Waals surface area contributed by atoms with Crippen molar-refractivity contribution >= 4 is 57.7 Å². The van der Waals surface area contributed by atoms with Crippen LogP contribution < -0.4 is 9.75 Å². The zero-order chi connectivity index (χ0) is 24.4. The molecule has 2 nitrogen and oxygen atoms in total. The van der Waals surface area contributed by atoms with E-state index in [4.69, 9.17) is 17.0 Å². The number of para-hydroxylation sites is 1. The van der Waals surface area contributed by atoms with E-state index in [2.05, 4.69) is 118 Å². The Balaban J connectivity index is 0.000000968. The van der Waals surface area contributed by atoms with Crippen LogP contribution in [0.25, 0.3) is 21.5 Å². The molecule has 0 spiro atoms. The average molecular weight is 576 g/mol. The van der Waals surface area contributed by atoms with Gasteiger partial charge in [-0.15, -0.1) is 0 Å². The summed E-state index contributed by atoms with van der Waals surface area (Å²) < 4.78 is 2.46. The molecular weight excluding hydrogens is 545 g/mol. The topological polar surface area (TPSA) is 23.5 Å². The van der Waals surface area contributed by atoms with E-state index in [0.29, 0.717) is 5.75 Å². The van der Waals surface area contributed by atoms with Gasteiger partial charge in [0.25, 0.3) is 0 Å². The van der Waals surface area contributed by atoms with Crippen molar-refractivity contribution in [1.29, 1.82) is 0 Å². The van der Waals surface area contributed by atoms with Crippen LogP contribution in [0.1, 0.15) is 26.3 Å². The van der Waals surface area contributed by atoms with E-state index in [1.807, 2.05) is 0 Å². The van der Waals surface area contributed by atoms with Crippen molar-refractivity contribution in [3.63, 3.8) is 0 Å². The molecule has 0 bridgehead atoms. The Kier molecular flexibility index (Phi) is 8.38. The van der Waals surface area contributed by atoms with Crippen molar-refractivity contribution in [2.45, 2.75) is 39.3 Å². The van der Waals surface area contributed by atoms with Crippen LogP contribution in [0.3, 0.4) is 0 Å². The van der Waals surface area contributed by atoms with E-state index in [0.717, 1.165) is 10.8 Å². The van der Waals surface area contributed by atoms with E-state index >= 15 is 0 Å². The quantitative estimate of drug-likeness (QED) is 0.198. The van der Waals surface area contributed by atoms with Crippen molar-refractivity contribution in [3.05, 3.63) is 78.4 Å². The van der Waals surface area contributed by atoms with E-state index in [1.54, 1.807) is 0 Å². The second-order valence-corrected chi connectivity index (χ2v) is 17.9. The minimum absolute atomic E-state index is 0.102. The van der Waals surface area contributed by atoms with Gasteiger partial charge in [-0.3, -0.25) is 0 Å². The fourth-order valence-electron chi connectivity index (χ4n) is 4.45. The van der Waals surface area contributed by atoms with Gasteiger partial charge >= 0.3 is 37.9 Å². The second-order valence-electron chi connectivity index (χ2n) is 9.81. The van der Waals surface area contributed by atoms with Crippen LogP contribution in [0, 0.1) is 0 Å². The van der Waals surface area contributed by atoms with E-state index < -0.39 is 29.1 Å². The van der Waals surface area contributed by atoms with Crippen LogP contribution in [0.2, 0.25) is 13.1 Å². The number of hydrogen-bond donors (Lipinski definition) is 1. The summed E-state index contributed by atoms with van der Waals surface area (Å²) in [4.78, 5) is 0. The van der Waals surface area contributed by atoms with E-state index in [9.17, 15) is 5.11 Å². The molecule has 0 radical (unpaired) electrons. The molecule has 4 aromatic rings. The van der Waals surface area contributed by atoms with Gasteiger partial charge in [0.15, 0.2) is 8.24 Å². The van der Waals surface area contributed by atoms with Gasteiger partial charge in [0.1, 0.15) is 5.75 Å². The summed E-state index contributed by atoms with van der Waals surface area (Å²) in [6.45, 7) is 11.1. The Morgan fingerprint density at radius 1 is 0.818 bits per heavy atom. The first-order chi connectivity index (χ1) is 15.5. The van der Waals surface area contributed by atoms with Crippen molar-refractivity contribution < 1.29 is 26.0 Å². The number of phenolic OH excluding ortho intramolecular Hbond substituents is 1. The van der Waals surface area contributed by atoms with Crippen molar-refractivity contribution in [1.82, 2.24) is 0 Å². The summed E-state index contributed by atoms with van der Waals surface area (Å²) in [6, 6.07) is 25.8. The summed E-state index contributed by atoms with van der Waals surface area (Å²) in [5.74, 6) is 0.457. The van der Waals surface area contributed by atoms with Crippen molar-refractivity contribution in [2.75, 3.05) is 11.6 Å². The van der Waals surface area contributed by atoms with Gasteiger partial charge in [-0.05, 0) is 48.0 Å². The summed E-state index contributed by atoms with van der Waals surface area (Å²) >= 11 is -0.826. The molecule has 33 heavy (non-hydrogen) atoms. The standard InChI is InChI=1S/C27H31NOSi.2ClH.Zr/c1-27(2,3)23-16-11-17-24(26(23)29)30(5,6)28(4)25-21-14-9-7-12-19(21)18-20-13-8-10-15-22(20)25;;;/h7-18,29H,1-6H3;2*1H;/q;;;+2/p-2. The third-order valence-corrected chi connectivity index (χ3v) is 10.0. The van der Waals surface area contributed by atoms with Gasteiger partial charge in [-0.1, -0.05) is 87.5 Å². The van der Waals surface area contributed by atoms with Crippen LogP contribution in [-0.4, -0.2) is 20.4 Å². The molecule has 0 aliphatic heterocycles. The Morgan fingerprint density at radius 3 is 1.79 bits per heavy atom. The van der Waals surface area contributed by atoms with E-state index in [1.165, 1.54) is 27.2 Å². The summed E-state index contributed by atoms with van der Waals surface area (Å²) in [7, 11) is 9.84. The summed E-state index contributed by atoms with van der Waals surface area (Å²) in [5, 5.41) is 17.4. The fraction of sp³-hybridized carbons (Fsp3) is 0.259. The van der Waals surface area contributed by atoms with Gasteiger partial charge in [0.2, 0.25) is 0 Å². The van der Waals surface area contributed by atoms with Crippen LogP contribution in [-0.2, 0) is 26.3 Å². The number of hydrogen-bond acceptors (Lipinski definition) is 2. The maximum atomic E-state index is 11.3. The molecule has 0 heterocycles. The maximum absolute atomic E-state index is 11.3. The number of halogens is 2. The fourth-order valence-corrected chi connectivity index (χ4v) is 6.83. The number of benzene rings is 4. The molecule has 0 aliphatic rings. The molecular formula is C27H31Cl2NOSiZr. The first-order valence-corrected chi connectivity index (χ1v) is 20.2. The Labute approximate surface area is 217 Å². The molecule has 4 aromatic carbocycles. The number of aromatic hydroxyl groups is 1. The summed E-state index contributed by atoms with van der Waals surface area (Å²) in [6.07, 6.45) is 0. The first kappa shape index (κ1) is 26.3. The number of rotatable bonds is 3. The number of phenols is 1. The molecule has 4 rings (SSSR count). The van der Waals surface area contributed by atoms with Crippen LogP contribution >= 0.6 is 17.0 Å². The molecule has 0 aromatic heterocycles. The predicted molar refractivity (Wildman–Crippen MR) is 145 cm³/mol. The van der Waals surface area contributed by atoms with Gasteiger partial charge in [0.05, 0.1) is 0 Å². The third kappa shape index (κ3) is 5.35. The van der Waals surface area contributed by atoms with Gasteiger partial charge in [0, 0.05) is 21.6 Å². The minimum atomic E-state index is -2.23. The summed E-state index contributed by atoms with van der Waals surface area (Å²) in [5.41, 5.74) is 2.16.